The van der Waals surface area contributed by atoms with Gasteiger partial charge < -0.3 is 11.1 Å². The number of sulfonamides is 1. The first-order valence-electron chi connectivity index (χ1n) is 5.22. The highest BCUT2D eigenvalue weighted by Gasteiger charge is 2.20. The molecule has 0 fully saturated rings. The Morgan fingerprint density at radius 2 is 2.11 bits per heavy atom. The Labute approximate surface area is 114 Å². The minimum atomic E-state index is -3.95. The van der Waals surface area contributed by atoms with Gasteiger partial charge in [-0.2, -0.15) is 0 Å². The van der Waals surface area contributed by atoms with Gasteiger partial charge in [0.2, 0.25) is 0 Å². The molecular formula is C10H14BrN3O3S. The van der Waals surface area contributed by atoms with E-state index in [1.807, 2.05) is 11.6 Å². The molecule has 0 unspecified atom stereocenters. The smallest absolute Gasteiger partial charge is 0.328 e. The number of anilines is 1. The molecule has 0 bridgehead atoms. The third kappa shape index (κ3) is 3.88. The van der Waals surface area contributed by atoms with Crippen molar-refractivity contribution < 1.29 is 13.2 Å². The van der Waals surface area contributed by atoms with Gasteiger partial charge in [-0.3, -0.25) is 0 Å². The normalized spacial score (nSPS) is 11.0. The fraction of sp³-hybridized carbons (Fsp3) is 0.300. The first kappa shape index (κ1) is 14.8. The number of rotatable bonds is 4. The van der Waals surface area contributed by atoms with Crippen molar-refractivity contribution in [2.45, 2.75) is 18.2 Å². The maximum absolute atomic E-state index is 11.9. The molecule has 0 radical (unpaired) electrons. The van der Waals surface area contributed by atoms with Crippen LogP contribution in [-0.4, -0.2) is 21.0 Å². The number of hydrogen-bond donors (Lipinski definition) is 3. The molecule has 100 valence electrons. The average Bonchev–Trinajstić information content (AvgIpc) is 2.25. The number of benzene rings is 1. The van der Waals surface area contributed by atoms with Crippen LogP contribution in [0.2, 0.25) is 0 Å². The van der Waals surface area contributed by atoms with Gasteiger partial charge in [0.1, 0.15) is 4.90 Å². The van der Waals surface area contributed by atoms with Crippen LogP contribution in [0.5, 0.6) is 0 Å². The second kappa shape index (κ2) is 6.05. The largest absolute Gasteiger partial charge is 0.398 e. The zero-order chi connectivity index (χ0) is 13.8. The van der Waals surface area contributed by atoms with E-state index < -0.39 is 16.1 Å². The van der Waals surface area contributed by atoms with Gasteiger partial charge in [0, 0.05) is 11.0 Å². The van der Waals surface area contributed by atoms with E-state index in [0.717, 1.165) is 0 Å². The molecule has 0 saturated carbocycles. The van der Waals surface area contributed by atoms with Crippen molar-refractivity contribution in [3.8, 4) is 0 Å². The number of nitrogen functional groups attached to an aromatic ring is 1. The molecule has 0 saturated heterocycles. The van der Waals surface area contributed by atoms with E-state index >= 15 is 0 Å². The number of hydrogen-bond acceptors (Lipinski definition) is 4. The van der Waals surface area contributed by atoms with Crippen LogP contribution in [0.3, 0.4) is 0 Å². The number of amides is 2. The lowest BCUT2D eigenvalue weighted by Gasteiger charge is -2.10. The summed E-state index contributed by atoms with van der Waals surface area (Å²) in [5.41, 5.74) is 5.67. The van der Waals surface area contributed by atoms with Crippen LogP contribution in [0.4, 0.5) is 10.5 Å². The Bertz CT molecular complexity index is 545. The van der Waals surface area contributed by atoms with Crippen molar-refractivity contribution in [1.82, 2.24) is 10.0 Å². The summed E-state index contributed by atoms with van der Waals surface area (Å²) in [7, 11) is -3.95. The van der Waals surface area contributed by atoms with Crippen molar-refractivity contribution >= 4 is 37.7 Å². The number of carbonyl (C=O) groups excluding carboxylic acids is 1. The third-order valence-electron chi connectivity index (χ3n) is 2.02. The van der Waals surface area contributed by atoms with Gasteiger partial charge >= 0.3 is 6.03 Å². The van der Waals surface area contributed by atoms with E-state index in [4.69, 9.17) is 5.73 Å². The molecule has 6 nitrogen and oxygen atoms in total. The zero-order valence-corrected chi connectivity index (χ0v) is 12.1. The SMILES string of the molecule is CCCNC(=O)NS(=O)(=O)c1ccc(Br)cc1N. The molecule has 0 aliphatic heterocycles. The van der Waals surface area contributed by atoms with Gasteiger partial charge in [0.05, 0.1) is 5.69 Å². The van der Waals surface area contributed by atoms with Crippen molar-refractivity contribution in [3.05, 3.63) is 22.7 Å². The molecule has 1 aromatic carbocycles. The lowest BCUT2D eigenvalue weighted by molar-refractivity contribution is 0.246. The summed E-state index contributed by atoms with van der Waals surface area (Å²) in [4.78, 5) is 11.2. The van der Waals surface area contributed by atoms with Crippen LogP contribution in [0, 0.1) is 0 Å². The average molecular weight is 336 g/mol. The summed E-state index contributed by atoms with van der Waals surface area (Å²) in [6, 6.07) is 3.56. The van der Waals surface area contributed by atoms with E-state index in [9.17, 15) is 13.2 Å². The monoisotopic (exact) mass is 335 g/mol. The van der Waals surface area contributed by atoms with Crippen LogP contribution < -0.4 is 15.8 Å². The molecule has 0 heterocycles. The van der Waals surface area contributed by atoms with Crippen LogP contribution in [0.15, 0.2) is 27.6 Å². The second-order valence-electron chi connectivity index (χ2n) is 3.54. The van der Waals surface area contributed by atoms with Crippen molar-refractivity contribution in [2.75, 3.05) is 12.3 Å². The number of nitrogens with one attached hydrogen (secondary N) is 2. The highest BCUT2D eigenvalue weighted by Crippen LogP contribution is 2.22. The molecule has 1 rings (SSSR count). The molecule has 0 aliphatic rings. The molecule has 1 aromatic rings. The first-order chi connectivity index (χ1) is 8.36. The van der Waals surface area contributed by atoms with Crippen molar-refractivity contribution in [1.29, 1.82) is 0 Å². The summed E-state index contributed by atoms with van der Waals surface area (Å²) in [6.45, 7) is 2.26. The Morgan fingerprint density at radius 3 is 2.67 bits per heavy atom. The standard InChI is InChI=1S/C10H14BrN3O3S/c1-2-5-13-10(15)14-18(16,17)9-4-3-7(11)6-8(9)12/h3-4,6H,2,5,12H2,1H3,(H2,13,14,15). The molecule has 0 aromatic heterocycles. The van der Waals surface area contributed by atoms with Gasteiger partial charge in [0.25, 0.3) is 10.0 Å². The Morgan fingerprint density at radius 1 is 1.44 bits per heavy atom. The van der Waals surface area contributed by atoms with E-state index in [2.05, 4.69) is 21.2 Å². The topological polar surface area (TPSA) is 101 Å². The maximum Gasteiger partial charge on any atom is 0.328 e. The van der Waals surface area contributed by atoms with Gasteiger partial charge in [0.15, 0.2) is 0 Å². The molecular weight excluding hydrogens is 322 g/mol. The van der Waals surface area contributed by atoms with Crippen molar-refractivity contribution in [2.24, 2.45) is 0 Å². The maximum atomic E-state index is 11.9. The van der Waals surface area contributed by atoms with Crippen molar-refractivity contribution in [3.63, 3.8) is 0 Å². The van der Waals surface area contributed by atoms with E-state index in [0.29, 0.717) is 17.4 Å². The summed E-state index contributed by atoms with van der Waals surface area (Å²) in [5, 5.41) is 2.41. The highest BCUT2D eigenvalue weighted by atomic mass is 79.9. The van der Waals surface area contributed by atoms with E-state index in [1.165, 1.54) is 18.2 Å². The van der Waals surface area contributed by atoms with Crippen LogP contribution >= 0.6 is 15.9 Å². The quantitative estimate of drug-likeness (QED) is 0.724. The lowest BCUT2D eigenvalue weighted by atomic mass is 10.3. The van der Waals surface area contributed by atoms with Gasteiger partial charge in [-0.1, -0.05) is 22.9 Å². The minimum absolute atomic E-state index is 0.0696. The summed E-state index contributed by atoms with van der Waals surface area (Å²) in [6.07, 6.45) is 0.716. The predicted octanol–water partition coefficient (Wildman–Crippen LogP) is 1.43. The molecule has 4 N–H and O–H groups in total. The number of urea groups is 1. The molecule has 0 atom stereocenters. The van der Waals surface area contributed by atoms with Crippen LogP contribution in [0.25, 0.3) is 0 Å². The van der Waals surface area contributed by atoms with E-state index in [-0.39, 0.29) is 10.6 Å². The highest BCUT2D eigenvalue weighted by molar-refractivity contribution is 9.10. The van der Waals surface area contributed by atoms with Crippen LogP contribution in [0.1, 0.15) is 13.3 Å². The van der Waals surface area contributed by atoms with Gasteiger partial charge in [-0.15, -0.1) is 0 Å². The summed E-state index contributed by atoms with van der Waals surface area (Å²) >= 11 is 3.17. The van der Waals surface area contributed by atoms with Crippen LogP contribution in [-0.2, 0) is 10.0 Å². The number of nitrogens with two attached hydrogens (primary N) is 1. The lowest BCUT2D eigenvalue weighted by Crippen LogP contribution is -2.39. The van der Waals surface area contributed by atoms with Gasteiger partial charge in [-0.25, -0.2) is 17.9 Å². The Kier molecular flexibility index (Phi) is 4.97. The predicted molar refractivity (Wildman–Crippen MR) is 72.6 cm³/mol. The fourth-order valence-electron chi connectivity index (χ4n) is 1.22. The minimum Gasteiger partial charge on any atom is -0.398 e. The summed E-state index contributed by atoms with van der Waals surface area (Å²) in [5.74, 6) is 0. The number of halogens is 1. The van der Waals surface area contributed by atoms with Gasteiger partial charge in [-0.05, 0) is 24.6 Å². The number of carbonyl (C=O) groups is 1. The first-order valence-corrected chi connectivity index (χ1v) is 7.50. The third-order valence-corrected chi connectivity index (χ3v) is 3.92. The second-order valence-corrected chi connectivity index (χ2v) is 6.11. The molecule has 0 spiro atoms. The molecule has 0 aliphatic carbocycles. The molecule has 2 amide bonds. The Hall–Kier alpha value is -1.28. The molecule has 18 heavy (non-hydrogen) atoms. The Balaban J connectivity index is 2.90. The zero-order valence-electron chi connectivity index (χ0n) is 9.73. The fourth-order valence-corrected chi connectivity index (χ4v) is 2.64. The molecule has 8 heteroatoms. The van der Waals surface area contributed by atoms with E-state index in [1.54, 1.807) is 0 Å². The summed E-state index contributed by atoms with van der Waals surface area (Å²) < 4.78 is 26.3.